The molecule has 4 heterocycles. The molecule has 142 valence electrons. The highest BCUT2D eigenvalue weighted by Crippen LogP contribution is 2.31. The van der Waals surface area contributed by atoms with Gasteiger partial charge in [0.2, 0.25) is 0 Å². The summed E-state index contributed by atoms with van der Waals surface area (Å²) in [6.45, 7) is 7.58. The van der Waals surface area contributed by atoms with E-state index < -0.39 is 0 Å². The van der Waals surface area contributed by atoms with E-state index in [9.17, 15) is 4.79 Å². The van der Waals surface area contributed by atoms with Crippen molar-refractivity contribution in [1.29, 1.82) is 0 Å². The van der Waals surface area contributed by atoms with Gasteiger partial charge in [-0.3, -0.25) is 4.79 Å². The second-order valence-corrected chi connectivity index (χ2v) is 8.54. The van der Waals surface area contributed by atoms with E-state index in [0.717, 1.165) is 28.0 Å². The lowest BCUT2D eigenvalue weighted by Crippen LogP contribution is -2.34. The number of pyridine rings is 1. The van der Waals surface area contributed by atoms with Crippen molar-refractivity contribution in [2.75, 3.05) is 13.1 Å². The number of carbonyl (C=O) groups is 1. The second-order valence-electron chi connectivity index (χ2n) is 7.60. The van der Waals surface area contributed by atoms with E-state index in [1.54, 1.807) is 17.5 Å². The van der Waals surface area contributed by atoms with Crippen molar-refractivity contribution in [1.82, 2.24) is 19.7 Å². The van der Waals surface area contributed by atoms with Gasteiger partial charge in [-0.05, 0) is 57.2 Å². The fourth-order valence-electron chi connectivity index (χ4n) is 3.87. The lowest BCUT2D eigenvalue weighted by atomic mass is 10.1. The Morgan fingerprint density at radius 2 is 2.26 bits per heavy atom. The number of hydrogen-bond donors (Lipinski definition) is 1. The summed E-state index contributed by atoms with van der Waals surface area (Å²) in [6, 6.07) is 6.32. The van der Waals surface area contributed by atoms with E-state index in [1.165, 1.54) is 0 Å². The first kappa shape index (κ1) is 18.1. The highest BCUT2D eigenvalue weighted by molar-refractivity contribution is 7.13. The van der Waals surface area contributed by atoms with Crippen LogP contribution < -0.4 is 5.73 Å². The molecule has 27 heavy (non-hydrogen) atoms. The average Bonchev–Trinajstić information content (AvgIpc) is 3.38. The molecule has 7 heteroatoms. The molecule has 0 bridgehead atoms. The van der Waals surface area contributed by atoms with Crippen LogP contribution in [0.2, 0.25) is 0 Å². The summed E-state index contributed by atoms with van der Waals surface area (Å²) in [7, 11) is 0. The van der Waals surface area contributed by atoms with E-state index in [1.807, 2.05) is 33.2 Å². The number of nitrogens with zero attached hydrogens (tertiary/aromatic N) is 4. The number of amides is 1. The lowest BCUT2D eigenvalue weighted by molar-refractivity contribution is 0.0745. The van der Waals surface area contributed by atoms with Crippen molar-refractivity contribution in [2.24, 2.45) is 11.7 Å². The molecule has 0 aliphatic carbocycles. The highest BCUT2D eigenvalue weighted by atomic mass is 32.1. The molecule has 0 saturated carbocycles. The molecular weight excluding hydrogens is 358 g/mol. The van der Waals surface area contributed by atoms with Gasteiger partial charge in [-0.1, -0.05) is 6.07 Å². The maximum absolute atomic E-state index is 13.5. The van der Waals surface area contributed by atoms with E-state index >= 15 is 0 Å². The minimum absolute atomic E-state index is 0.0481. The molecule has 1 amide bonds. The molecule has 2 atom stereocenters. The Balaban J connectivity index is 1.85. The number of nitrogens with two attached hydrogens (primary N) is 1. The zero-order valence-corrected chi connectivity index (χ0v) is 16.7. The molecule has 0 aromatic carbocycles. The third kappa shape index (κ3) is 3.15. The van der Waals surface area contributed by atoms with Gasteiger partial charge in [0, 0.05) is 18.6 Å². The van der Waals surface area contributed by atoms with Crippen LogP contribution in [0.15, 0.2) is 29.8 Å². The summed E-state index contributed by atoms with van der Waals surface area (Å²) in [5.74, 6) is 0.420. The zero-order chi connectivity index (χ0) is 19.1. The average molecular weight is 384 g/mol. The molecule has 3 aromatic rings. The van der Waals surface area contributed by atoms with Gasteiger partial charge in [0.05, 0.1) is 27.7 Å². The minimum atomic E-state index is 0.0481. The van der Waals surface area contributed by atoms with Crippen molar-refractivity contribution in [2.45, 2.75) is 39.3 Å². The van der Waals surface area contributed by atoms with Gasteiger partial charge in [0.15, 0.2) is 5.65 Å². The van der Waals surface area contributed by atoms with Crippen LogP contribution in [0.5, 0.6) is 0 Å². The molecule has 2 N–H and O–H groups in total. The van der Waals surface area contributed by atoms with Crippen molar-refractivity contribution >= 4 is 28.3 Å². The monoisotopic (exact) mass is 383 g/mol. The molecule has 1 fully saturated rings. The van der Waals surface area contributed by atoms with Gasteiger partial charge in [0.1, 0.15) is 0 Å². The molecule has 3 aromatic heterocycles. The summed E-state index contributed by atoms with van der Waals surface area (Å²) in [4.78, 5) is 21.3. The van der Waals surface area contributed by atoms with Crippen LogP contribution in [0.25, 0.3) is 21.6 Å². The third-order valence-corrected chi connectivity index (χ3v) is 6.21. The fourth-order valence-corrected chi connectivity index (χ4v) is 4.56. The van der Waals surface area contributed by atoms with Crippen LogP contribution in [-0.2, 0) is 0 Å². The molecule has 1 aliphatic heterocycles. The molecule has 1 aliphatic rings. The molecule has 2 unspecified atom stereocenters. The first-order valence-electron chi connectivity index (χ1n) is 9.42. The molecule has 6 nitrogen and oxygen atoms in total. The zero-order valence-electron chi connectivity index (χ0n) is 15.9. The van der Waals surface area contributed by atoms with E-state index in [4.69, 9.17) is 10.7 Å². The maximum Gasteiger partial charge on any atom is 0.254 e. The van der Waals surface area contributed by atoms with Gasteiger partial charge in [-0.25, -0.2) is 9.67 Å². The second kappa shape index (κ2) is 7.05. The summed E-state index contributed by atoms with van der Waals surface area (Å²) >= 11 is 1.63. The van der Waals surface area contributed by atoms with Crippen LogP contribution in [0, 0.1) is 5.92 Å². The number of thiophene rings is 1. The largest absolute Gasteiger partial charge is 0.336 e. The Hall–Kier alpha value is -2.25. The quantitative estimate of drug-likeness (QED) is 0.747. The summed E-state index contributed by atoms with van der Waals surface area (Å²) in [5.41, 5.74) is 8.12. The Morgan fingerprint density at radius 1 is 1.44 bits per heavy atom. The third-order valence-electron chi connectivity index (χ3n) is 5.32. The van der Waals surface area contributed by atoms with Crippen molar-refractivity contribution in [3.8, 4) is 10.6 Å². The van der Waals surface area contributed by atoms with Crippen LogP contribution in [-0.4, -0.2) is 44.7 Å². The number of fused-ring (bicyclic) bond motifs is 1. The number of hydrogen-bond acceptors (Lipinski definition) is 5. The van der Waals surface area contributed by atoms with Gasteiger partial charge >= 0.3 is 0 Å². The first-order chi connectivity index (χ1) is 13.0. The Bertz CT molecular complexity index is 962. The van der Waals surface area contributed by atoms with Gasteiger partial charge in [-0.2, -0.15) is 5.10 Å². The standard InChI is InChI=1S/C20H25N5OS/c1-12(2)25-19-16(10-22-25)15(8-17(23-19)18-5-4-6-27-18)20(26)24-11-14(9-21)7-13(24)3/h4-6,8,10,12-14H,7,9,11,21H2,1-3H3. The van der Waals surface area contributed by atoms with E-state index in [-0.39, 0.29) is 18.0 Å². The highest BCUT2D eigenvalue weighted by Gasteiger charge is 2.33. The van der Waals surface area contributed by atoms with Crippen molar-refractivity contribution in [3.63, 3.8) is 0 Å². The molecule has 1 saturated heterocycles. The smallest absolute Gasteiger partial charge is 0.254 e. The Kier molecular flexibility index (Phi) is 4.74. The first-order valence-corrected chi connectivity index (χ1v) is 10.3. The number of likely N-dealkylation sites (tertiary alicyclic amines) is 1. The number of carbonyl (C=O) groups excluding carboxylic acids is 1. The van der Waals surface area contributed by atoms with Crippen LogP contribution >= 0.6 is 11.3 Å². The Labute approximate surface area is 163 Å². The number of aromatic nitrogens is 3. The molecule has 0 spiro atoms. The maximum atomic E-state index is 13.5. The van der Waals surface area contributed by atoms with Gasteiger partial charge in [0.25, 0.3) is 5.91 Å². The minimum Gasteiger partial charge on any atom is -0.336 e. The SMILES string of the molecule is CC1CC(CN)CN1C(=O)c1cc(-c2cccs2)nc2c1cnn2C(C)C. The number of rotatable bonds is 4. The van der Waals surface area contributed by atoms with Crippen LogP contribution in [0.3, 0.4) is 0 Å². The lowest BCUT2D eigenvalue weighted by Gasteiger charge is -2.22. The fraction of sp³-hybridized carbons (Fsp3) is 0.450. The predicted octanol–water partition coefficient (Wildman–Crippen LogP) is 3.55. The summed E-state index contributed by atoms with van der Waals surface area (Å²) in [5, 5.41) is 7.35. The van der Waals surface area contributed by atoms with Crippen molar-refractivity contribution in [3.05, 3.63) is 35.3 Å². The normalized spacial score (nSPS) is 20.1. The van der Waals surface area contributed by atoms with E-state index in [0.29, 0.717) is 24.6 Å². The van der Waals surface area contributed by atoms with Crippen LogP contribution in [0.1, 0.15) is 43.6 Å². The Morgan fingerprint density at radius 3 is 2.89 bits per heavy atom. The van der Waals surface area contributed by atoms with E-state index in [2.05, 4.69) is 25.9 Å². The van der Waals surface area contributed by atoms with Crippen molar-refractivity contribution < 1.29 is 4.79 Å². The molecule has 0 radical (unpaired) electrons. The van der Waals surface area contributed by atoms with Gasteiger partial charge < -0.3 is 10.6 Å². The van der Waals surface area contributed by atoms with Crippen LogP contribution in [0.4, 0.5) is 0 Å². The predicted molar refractivity (Wildman–Crippen MR) is 109 cm³/mol. The topological polar surface area (TPSA) is 77.0 Å². The van der Waals surface area contributed by atoms with Gasteiger partial charge in [-0.15, -0.1) is 11.3 Å². The molecule has 4 rings (SSSR count). The summed E-state index contributed by atoms with van der Waals surface area (Å²) in [6.07, 6.45) is 2.73. The summed E-state index contributed by atoms with van der Waals surface area (Å²) < 4.78 is 1.89. The molecular formula is C20H25N5OS.